The second-order valence-corrected chi connectivity index (χ2v) is 5.39. The fourth-order valence-corrected chi connectivity index (χ4v) is 2.56. The Morgan fingerprint density at radius 1 is 1.08 bits per heavy atom. The molecule has 0 spiro atoms. The lowest BCUT2D eigenvalue weighted by atomic mass is 10.1. The first kappa shape index (κ1) is 16.0. The molecule has 0 bridgehead atoms. The van der Waals surface area contributed by atoms with Crippen molar-refractivity contribution in [3.05, 3.63) is 47.0 Å². The molecule has 2 aromatic rings. The largest absolute Gasteiger partial charge is 0.496 e. The van der Waals surface area contributed by atoms with Crippen molar-refractivity contribution >= 4 is 5.91 Å². The van der Waals surface area contributed by atoms with Crippen molar-refractivity contribution in [2.24, 2.45) is 0 Å². The Morgan fingerprint density at radius 2 is 1.83 bits per heavy atom. The summed E-state index contributed by atoms with van der Waals surface area (Å²) in [4.78, 5) is 12.5. The van der Waals surface area contributed by atoms with E-state index in [0.29, 0.717) is 29.4 Å². The Labute approximate surface area is 140 Å². The number of nitrogens with one attached hydrogen (secondary N) is 1. The van der Waals surface area contributed by atoms with Crippen molar-refractivity contribution in [3.8, 4) is 23.0 Å². The number of fused-ring (bicyclic) bond motifs is 1. The van der Waals surface area contributed by atoms with E-state index in [1.165, 1.54) is 7.11 Å². The van der Waals surface area contributed by atoms with Gasteiger partial charge in [-0.3, -0.25) is 4.79 Å². The molecule has 0 radical (unpaired) electrons. The van der Waals surface area contributed by atoms with Gasteiger partial charge >= 0.3 is 0 Å². The van der Waals surface area contributed by atoms with Gasteiger partial charge in [-0.25, -0.2) is 0 Å². The molecule has 1 aliphatic heterocycles. The van der Waals surface area contributed by atoms with Gasteiger partial charge in [0.2, 0.25) is 6.79 Å². The molecule has 0 saturated carbocycles. The van der Waals surface area contributed by atoms with Crippen LogP contribution in [0.1, 0.15) is 21.5 Å². The molecule has 126 valence electrons. The van der Waals surface area contributed by atoms with Gasteiger partial charge in [-0.1, -0.05) is 6.07 Å². The number of hydrogen-bond acceptors (Lipinski definition) is 5. The summed E-state index contributed by atoms with van der Waals surface area (Å²) in [5.74, 6) is 2.33. The van der Waals surface area contributed by atoms with Crippen molar-refractivity contribution in [2.75, 3.05) is 21.0 Å². The van der Waals surface area contributed by atoms with Gasteiger partial charge in [0, 0.05) is 6.54 Å². The molecule has 24 heavy (non-hydrogen) atoms. The van der Waals surface area contributed by atoms with E-state index in [-0.39, 0.29) is 12.7 Å². The molecule has 0 aliphatic carbocycles. The van der Waals surface area contributed by atoms with Crippen LogP contribution in [0.2, 0.25) is 0 Å². The summed E-state index contributed by atoms with van der Waals surface area (Å²) in [6, 6.07) is 9.05. The zero-order chi connectivity index (χ0) is 17.1. The first-order chi connectivity index (χ1) is 11.6. The van der Waals surface area contributed by atoms with Gasteiger partial charge in [-0.15, -0.1) is 0 Å². The SMILES string of the molecule is COc1cc(C(=O)NCc2ccc3c(c2)OCO3)c(OC)cc1C. The van der Waals surface area contributed by atoms with Crippen molar-refractivity contribution in [1.29, 1.82) is 0 Å². The van der Waals surface area contributed by atoms with E-state index in [1.54, 1.807) is 19.2 Å². The van der Waals surface area contributed by atoms with Crippen LogP contribution < -0.4 is 24.3 Å². The zero-order valence-electron chi connectivity index (χ0n) is 13.8. The Kier molecular flexibility index (Phi) is 4.46. The number of benzene rings is 2. The minimum Gasteiger partial charge on any atom is -0.496 e. The molecule has 1 N–H and O–H groups in total. The number of methoxy groups -OCH3 is 2. The highest BCUT2D eigenvalue weighted by Crippen LogP contribution is 2.32. The van der Waals surface area contributed by atoms with Gasteiger partial charge in [-0.2, -0.15) is 0 Å². The molecule has 1 heterocycles. The number of aryl methyl sites for hydroxylation is 1. The van der Waals surface area contributed by atoms with Gasteiger partial charge in [-0.05, 0) is 42.3 Å². The van der Waals surface area contributed by atoms with Gasteiger partial charge in [0.15, 0.2) is 11.5 Å². The Bertz CT molecular complexity index is 772. The summed E-state index contributed by atoms with van der Waals surface area (Å²) in [5.41, 5.74) is 2.26. The van der Waals surface area contributed by atoms with Crippen LogP contribution >= 0.6 is 0 Å². The first-order valence-corrected chi connectivity index (χ1v) is 7.51. The normalized spacial score (nSPS) is 12.0. The molecule has 0 fully saturated rings. The fourth-order valence-electron chi connectivity index (χ4n) is 2.56. The molecular weight excluding hydrogens is 310 g/mol. The molecule has 3 rings (SSSR count). The number of hydrogen-bond donors (Lipinski definition) is 1. The molecule has 6 nitrogen and oxygen atoms in total. The highest BCUT2D eigenvalue weighted by Gasteiger charge is 2.17. The second kappa shape index (κ2) is 6.70. The summed E-state index contributed by atoms with van der Waals surface area (Å²) in [5, 5.41) is 2.88. The molecular formula is C18H19NO5. The molecule has 1 amide bonds. The van der Waals surface area contributed by atoms with Crippen LogP contribution in [0.3, 0.4) is 0 Å². The minimum atomic E-state index is -0.234. The molecule has 6 heteroatoms. The Morgan fingerprint density at radius 3 is 2.58 bits per heavy atom. The molecule has 0 aromatic heterocycles. The van der Waals surface area contributed by atoms with E-state index >= 15 is 0 Å². The van der Waals surface area contributed by atoms with Crippen molar-refractivity contribution in [1.82, 2.24) is 5.32 Å². The fraction of sp³-hybridized carbons (Fsp3) is 0.278. The summed E-state index contributed by atoms with van der Waals surface area (Å²) in [7, 11) is 3.11. The lowest BCUT2D eigenvalue weighted by Crippen LogP contribution is -2.23. The summed E-state index contributed by atoms with van der Waals surface area (Å²) in [6.07, 6.45) is 0. The molecule has 0 saturated heterocycles. The predicted molar refractivity (Wildman–Crippen MR) is 88.0 cm³/mol. The Balaban J connectivity index is 1.75. The quantitative estimate of drug-likeness (QED) is 0.913. The van der Waals surface area contributed by atoms with Crippen LogP contribution in [0.25, 0.3) is 0 Å². The standard InChI is InChI=1S/C18H19NO5/c1-11-6-16(22-3)13(8-15(11)21-2)18(20)19-9-12-4-5-14-17(7-12)24-10-23-14/h4-8H,9-10H2,1-3H3,(H,19,20). The Hall–Kier alpha value is -2.89. The van der Waals surface area contributed by atoms with Crippen LogP contribution in [0.5, 0.6) is 23.0 Å². The number of carbonyl (C=O) groups is 1. The van der Waals surface area contributed by atoms with Crippen LogP contribution in [-0.4, -0.2) is 26.9 Å². The topological polar surface area (TPSA) is 66.0 Å². The van der Waals surface area contributed by atoms with Crippen molar-refractivity contribution in [3.63, 3.8) is 0 Å². The van der Waals surface area contributed by atoms with Gasteiger partial charge < -0.3 is 24.3 Å². The van der Waals surface area contributed by atoms with Crippen molar-refractivity contribution < 1.29 is 23.7 Å². The maximum Gasteiger partial charge on any atom is 0.255 e. The van der Waals surface area contributed by atoms with Gasteiger partial charge in [0.1, 0.15) is 11.5 Å². The average molecular weight is 329 g/mol. The average Bonchev–Trinajstić information content (AvgIpc) is 3.07. The van der Waals surface area contributed by atoms with Crippen molar-refractivity contribution in [2.45, 2.75) is 13.5 Å². The maximum atomic E-state index is 12.5. The lowest BCUT2D eigenvalue weighted by molar-refractivity contribution is 0.0947. The number of rotatable bonds is 5. The molecule has 1 aliphatic rings. The van der Waals surface area contributed by atoms with E-state index in [0.717, 1.165) is 16.9 Å². The third-order valence-electron chi connectivity index (χ3n) is 3.85. The van der Waals surface area contributed by atoms with Crippen LogP contribution in [-0.2, 0) is 6.54 Å². The molecule has 0 atom stereocenters. The summed E-state index contributed by atoms with van der Waals surface area (Å²) >= 11 is 0. The van der Waals surface area contributed by atoms with E-state index in [9.17, 15) is 4.79 Å². The number of ether oxygens (including phenoxy) is 4. The predicted octanol–water partition coefficient (Wildman–Crippen LogP) is 2.67. The monoisotopic (exact) mass is 329 g/mol. The number of carbonyl (C=O) groups excluding carboxylic acids is 1. The van der Waals surface area contributed by atoms with E-state index in [4.69, 9.17) is 18.9 Å². The molecule has 2 aromatic carbocycles. The maximum absolute atomic E-state index is 12.5. The minimum absolute atomic E-state index is 0.228. The molecule has 0 unspecified atom stereocenters. The van der Waals surface area contributed by atoms with E-state index in [2.05, 4.69) is 5.32 Å². The van der Waals surface area contributed by atoms with E-state index < -0.39 is 0 Å². The first-order valence-electron chi connectivity index (χ1n) is 7.51. The van der Waals surface area contributed by atoms with Gasteiger partial charge in [0.05, 0.1) is 19.8 Å². The third-order valence-corrected chi connectivity index (χ3v) is 3.85. The van der Waals surface area contributed by atoms with Gasteiger partial charge in [0.25, 0.3) is 5.91 Å². The van der Waals surface area contributed by atoms with E-state index in [1.807, 2.05) is 25.1 Å². The zero-order valence-corrected chi connectivity index (χ0v) is 13.8. The number of amides is 1. The smallest absolute Gasteiger partial charge is 0.255 e. The van der Waals surface area contributed by atoms with Crippen LogP contribution in [0.4, 0.5) is 0 Å². The van der Waals surface area contributed by atoms with Crippen LogP contribution in [0.15, 0.2) is 30.3 Å². The second-order valence-electron chi connectivity index (χ2n) is 5.39. The third kappa shape index (κ3) is 3.08. The highest BCUT2D eigenvalue weighted by molar-refractivity contribution is 5.97. The highest BCUT2D eigenvalue weighted by atomic mass is 16.7. The summed E-state index contributed by atoms with van der Waals surface area (Å²) < 4.78 is 21.2. The summed E-state index contributed by atoms with van der Waals surface area (Å²) in [6.45, 7) is 2.50. The van der Waals surface area contributed by atoms with Crippen LogP contribution in [0, 0.1) is 6.92 Å². The lowest BCUT2D eigenvalue weighted by Gasteiger charge is -2.13.